The molecule has 4 heterocycles. The molecule has 3 aromatic rings. The molecule has 3 aliphatic rings. The summed E-state index contributed by atoms with van der Waals surface area (Å²) in [5.41, 5.74) is 7.60. The minimum absolute atomic E-state index is 0.0103. The van der Waals surface area contributed by atoms with Crippen molar-refractivity contribution < 1.29 is 14.3 Å². The van der Waals surface area contributed by atoms with Crippen molar-refractivity contribution in [1.29, 1.82) is 0 Å². The fourth-order valence-corrected chi connectivity index (χ4v) is 6.59. The number of benzene rings is 1. The van der Waals surface area contributed by atoms with E-state index in [4.69, 9.17) is 14.5 Å². The van der Waals surface area contributed by atoms with E-state index in [2.05, 4.69) is 36.0 Å². The van der Waals surface area contributed by atoms with Gasteiger partial charge in [-0.05, 0) is 75.8 Å². The van der Waals surface area contributed by atoms with Gasteiger partial charge >= 0.3 is 0 Å². The quantitative estimate of drug-likeness (QED) is 0.547. The van der Waals surface area contributed by atoms with Gasteiger partial charge in [-0.15, -0.1) is 0 Å². The van der Waals surface area contributed by atoms with Gasteiger partial charge in [0, 0.05) is 35.8 Å². The highest BCUT2D eigenvalue weighted by molar-refractivity contribution is 5.78. The van der Waals surface area contributed by atoms with E-state index in [1.165, 1.54) is 24.0 Å². The molecule has 1 spiro atoms. The summed E-state index contributed by atoms with van der Waals surface area (Å²) in [5.74, 6) is 1.88. The number of hydrogen-bond donors (Lipinski definition) is 0. The summed E-state index contributed by atoms with van der Waals surface area (Å²) >= 11 is 0. The van der Waals surface area contributed by atoms with Gasteiger partial charge in [0.2, 0.25) is 5.91 Å². The zero-order valence-corrected chi connectivity index (χ0v) is 21.2. The highest BCUT2D eigenvalue weighted by Gasteiger charge is 2.46. The molecule has 7 heteroatoms. The van der Waals surface area contributed by atoms with Crippen LogP contribution in [0.25, 0.3) is 5.65 Å². The number of carbonyl (C=O) groups is 1. The molecule has 2 aliphatic heterocycles. The summed E-state index contributed by atoms with van der Waals surface area (Å²) < 4.78 is 13.7. The van der Waals surface area contributed by atoms with Crippen LogP contribution < -0.4 is 9.47 Å². The number of amides is 1. The molecule has 1 aromatic carbocycles. The number of aryl methyl sites for hydroxylation is 3. The lowest BCUT2D eigenvalue weighted by Crippen LogP contribution is -2.48. The van der Waals surface area contributed by atoms with E-state index in [0.29, 0.717) is 26.1 Å². The second-order valence-electron chi connectivity index (χ2n) is 10.6. The van der Waals surface area contributed by atoms with Gasteiger partial charge < -0.3 is 14.4 Å². The lowest BCUT2D eigenvalue weighted by atomic mass is 9.71. The highest BCUT2D eigenvalue weighted by Crippen LogP contribution is 2.52. The van der Waals surface area contributed by atoms with E-state index in [-0.39, 0.29) is 17.4 Å². The first-order chi connectivity index (χ1) is 16.9. The molecule has 0 bridgehead atoms. The van der Waals surface area contributed by atoms with Crippen LogP contribution in [0.1, 0.15) is 78.8 Å². The number of fused-ring (bicyclic) bond motifs is 4. The Kier molecular flexibility index (Phi) is 5.27. The molecule has 1 fully saturated rings. The maximum atomic E-state index is 13.7. The zero-order chi connectivity index (χ0) is 24.3. The maximum absolute atomic E-state index is 13.7. The van der Waals surface area contributed by atoms with Crippen molar-refractivity contribution in [1.82, 2.24) is 19.5 Å². The Labute approximate surface area is 206 Å². The average Bonchev–Trinajstić information content (AvgIpc) is 3.47. The van der Waals surface area contributed by atoms with Gasteiger partial charge in [-0.1, -0.05) is 12.8 Å². The molecule has 184 valence electrons. The molecule has 1 saturated carbocycles. The van der Waals surface area contributed by atoms with Crippen LogP contribution >= 0.6 is 0 Å². The first kappa shape index (κ1) is 22.4. The second kappa shape index (κ2) is 8.25. The SMILES string of the molecule is Cc1cc2nc(C)c(CCC(=O)N3CC4(CCCC4)c4cc5c(cc4C3C)OCCO5)c(C)n2n1. The van der Waals surface area contributed by atoms with Gasteiger partial charge in [0.1, 0.15) is 13.2 Å². The summed E-state index contributed by atoms with van der Waals surface area (Å²) in [6.07, 6.45) is 5.79. The Hall–Kier alpha value is -3.09. The van der Waals surface area contributed by atoms with Crippen LogP contribution in [0, 0.1) is 20.8 Å². The smallest absolute Gasteiger partial charge is 0.223 e. The second-order valence-corrected chi connectivity index (χ2v) is 10.6. The fourth-order valence-electron chi connectivity index (χ4n) is 6.59. The lowest BCUT2D eigenvalue weighted by Gasteiger charge is -2.46. The number of nitrogens with zero attached hydrogens (tertiary/aromatic N) is 4. The number of carbonyl (C=O) groups excluding carboxylic acids is 1. The Morgan fingerprint density at radius 1 is 1.09 bits per heavy atom. The van der Waals surface area contributed by atoms with Crippen LogP contribution in [0.3, 0.4) is 0 Å². The largest absolute Gasteiger partial charge is 0.486 e. The molecule has 0 radical (unpaired) electrons. The molecular formula is C28H34N4O3. The Morgan fingerprint density at radius 2 is 1.80 bits per heavy atom. The Bertz CT molecular complexity index is 1320. The summed E-state index contributed by atoms with van der Waals surface area (Å²) in [5, 5.41) is 4.59. The molecule has 1 aliphatic carbocycles. The number of aromatic nitrogens is 3. The van der Waals surface area contributed by atoms with E-state index >= 15 is 0 Å². The van der Waals surface area contributed by atoms with E-state index in [9.17, 15) is 4.79 Å². The molecular weight excluding hydrogens is 440 g/mol. The minimum Gasteiger partial charge on any atom is -0.486 e. The van der Waals surface area contributed by atoms with Gasteiger partial charge in [-0.25, -0.2) is 9.50 Å². The first-order valence-electron chi connectivity index (χ1n) is 12.9. The van der Waals surface area contributed by atoms with Crippen molar-refractivity contribution in [3.63, 3.8) is 0 Å². The number of rotatable bonds is 3. The van der Waals surface area contributed by atoms with Crippen molar-refractivity contribution in [3.8, 4) is 11.5 Å². The van der Waals surface area contributed by atoms with Crippen molar-refractivity contribution >= 4 is 11.6 Å². The van der Waals surface area contributed by atoms with Gasteiger partial charge in [0.25, 0.3) is 0 Å². The summed E-state index contributed by atoms with van der Waals surface area (Å²) in [4.78, 5) is 20.6. The normalized spacial score (nSPS) is 20.5. The van der Waals surface area contributed by atoms with Gasteiger partial charge in [0.05, 0.1) is 11.7 Å². The molecule has 0 N–H and O–H groups in total. The molecule has 2 aromatic heterocycles. The van der Waals surface area contributed by atoms with E-state index in [1.807, 2.05) is 24.4 Å². The summed E-state index contributed by atoms with van der Waals surface area (Å²) in [7, 11) is 0. The van der Waals surface area contributed by atoms with Gasteiger partial charge in [-0.2, -0.15) is 5.10 Å². The first-order valence-corrected chi connectivity index (χ1v) is 12.9. The molecule has 1 atom stereocenters. The third kappa shape index (κ3) is 3.58. The van der Waals surface area contributed by atoms with Crippen molar-refractivity contribution in [3.05, 3.63) is 52.0 Å². The molecule has 1 amide bonds. The molecule has 0 saturated heterocycles. The number of ether oxygens (including phenoxy) is 2. The topological polar surface area (TPSA) is 69.0 Å². The van der Waals surface area contributed by atoms with Crippen LogP contribution in [-0.4, -0.2) is 45.2 Å². The summed E-state index contributed by atoms with van der Waals surface area (Å²) in [6, 6.07) is 6.36. The van der Waals surface area contributed by atoms with Crippen molar-refractivity contribution in [2.45, 2.75) is 77.7 Å². The zero-order valence-electron chi connectivity index (χ0n) is 21.2. The van der Waals surface area contributed by atoms with E-state index in [1.54, 1.807) is 0 Å². The van der Waals surface area contributed by atoms with Crippen LogP contribution in [-0.2, 0) is 16.6 Å². The lowest BCUT2D eigenvalue weighted by molar-refractivity contribution is -0.135. The monoisotopic (exact) mass is 474 g/mol. The fraction of sp³-hybridized carbons (Fsp3) is 0.536. The van der Waals surface area contributed by atoms with Crippen LogP contribution in [0.2, 0.25) is 0 Å². The van der Waals surface area contributed by atoms with Gasteiger partial charge in [0.15, 0.2) is 17.1 Å². The molecule has 6 rings (SSSR count). The van der Waals surface area contributed by atoms with Crippen LogP contribution in [0.15, 0.2) is 18.2 Å². The van der Waals surface area contributed by atoms with Crippen LogP contribution in [0.5, 0.6) is 11.5 Å². The van der Waals surface area contributed by atoms with E-state index in [0.717, 1.165) is 59.2 Å². The third-order valence-corrected chi connectivity index (χ3v) is 8.43. The third-order valence-electron chi connectivity index (χ3n) is 8.43. The van der Waals surface area contributed by atoms with Crippen molar-refractivity contribution in [2.24, 2.45) is 0 Å². The number of hydrogen-bond acceptors (Lipinski definition) is 5. The Balaban J connectivity index is 1.30. The van der Waals surface area contributed by atoms with E-state index < -0.39 is 0 Å². The predicted octanol–water partition coefficient (Wildman–Crippen LogP) is 4.77. The standard InChI is InChI=1S/C28H34N4O3/c1-17-13-26-29-18(2)21(20(4)32(26)30-17)7-8-27(33)31-16-28(9-5-6-10-28)23-15-25-24(34-11-12-35-25)14-22(23)19(31)3/h13-15,19H,5-12,16H2,1-4H3. The average molecular weight is 475 g/mol. The predicted molar refractivity (Wildman–Crippen MR) is 133 cm³/mol. The maximum Gasteiger partial charge on any atom is 0.223 e. The summed E-state index contributed by atoms with van der Waals surface area (Å²) in [6.45, 7) is 10.2. The molecule has 1 unspecified atom stereocenters. The highest BCUT2D eigenvalue weighted by atomic mass is 16.6. The molecule has 35 heavy (non-hydrogen) atoms. The van der Waals surface area contributed by atoms with Crippen molar-refractivity contribution in [2.75, 3.05) is 19.8 Å². The van der Waals surface area contributed by atoms with Crippen LogP contribution in [0.4, 0.5) is 0 Å². The Morgan fingerprint density at radius 3 is 2.54 bits per heavy atom. The minimum atomic E-state index is 0.0103. The molecule has 7 nitrogen and oxygen atoms in total. The van der Waals surface area contributed by atoms with Gasteiger partial charge in [-0.3, -0.25) is 4.79 Å².